The van der Waals surface area contributed by atoms with E-state index in [4.69, 9.17) is 4.74 Å². The van der Waals surface area contributed by atoms with Crippen LogP contribution in [0.25, 0.3) is 0 Å². The third kappa shape index (κ3) is 4.33. The first-order valence-electron chi connectivity index (χ1n) is 8.04. The zero-order valence-corrected chi connectivity index (χ0v) is 13.5. The lowest BCUT2D eigenvalue weighted by atomic mass is 9.90. The van der Waals surface area contributed by atoms with Crippen LogP contribution in [0.1, 0.15) is 40.4 Å². The van der Waals surface area contributed by atoms with Crippen LogP contribution in [-0.4, -0.2) is 24.1 Å². The molecule has 0 amide bonds. The van der Waals surface area contributed by atoms with E-state index in [2.05, 4.69) is 4.74 Å². The number of rotatable bonds is 6. The fourth-order valence-electron chi connectivity index (χ4n) is 2.86. The quantitative estimate of drug-likeness (QED) is 0.860. The summed E-state index contributed by atoms with van der Waals surface area (Å²) in [6, 6.07) is 11.1. The van der Waals surface area contributed by atoms with E-state index in [1.165, 1.54) is 24.3 Å². The van der Waals surface area contributed by atoms with Crippen LogP contribution in [-0.2, 0) is 6.42 Å². The minimum atomic E-state index is -2.88. The van der Waals surface area contributed by atoms with Crippen molar-refractivity contribution in [3.8, 4) is 11.5 Å². The largest absolute Gasteiger partial charge is 0.491 e. The second-order valence-electron chi connectivity index (χ2n) is 5.87. The Kier molecular flexibility index (Phi) is 5.28. The first-order chi connectivity index (χ1) is 12.0. The number of aliphatic hydroxyl groups is 1. The number of halogens is 2. The van der Waals surface area contributed by atoms with Gasteiger partial charge in [0.15, 0.2) is 5.78 Å². The molecule has 6 heteroatoms. The number of ether oxygens (including phenoxy) is 2. The second-order valence-corrected chi connectivity index (χ2v) is 5.87. The van der Waals surface area contributed by atoms with Crippen LogP contribution in [0, 0.1) is 0 Å². The molecule has 1 aliphatic rings. The summed E-state index contributed by atoms with van der Waals surface area (Å²) in [5, 5.41) is 10.2. The highest BCUT2D eigenvalue weighted by Gasteiger charge is 2.18. The van der Waals surface area contributed by atoms with Crippen LogP contribution in [0.2, 0.25) is 0 Å². The third-order valence-electron chi connectivity index (χ3n) is 4.12. The lowest BCUT2D eigenvalue weighted by Gasteiger charge is -2.17. The van der Waals surface area contributed by atoms with E-state index < -0.39 is 12.7 Å². The molecule has 0 bridgehead atoms. The van der Waals surface area contributed by atoms with Crippen LogP contribution < -0.4 is 9.47 Å². The maximum atomic E-state index is 12.1. The fourth-order valence-corrected chi connectivity index (χ4v) is 2.86. The van der Waals surface area contributed by atoms with Gasteiger partial charge in [-0.15, -0.1) is 0 Å². The summed E-state index contributed by atoms with van der Waals surface area (Å²) in [5.74, 6) is 0.773. The van der Waals surface area contributed by atoms with Gasteiger partial charge in [0.1, 0.15) is 24.2 Å². The van der Waals surface area contributed by atoms with Crippen LogP contribution in [0.5, 0.6) is 11.5 Å². The zero-order chi connectivity index (χ0) is 17.8. The monoisotopic (exact) mass is 348 g/mol. The van der Waals surface area contributed by atoms with E-state index in [9.17, 15) is 18.7 Å². The lowest BCUT2D eigenvalue weighted by Crippen LogP contribution is -2.12. The molecule has 0 fully saturated rings. The standard InChI is InChI=1S/C19H18F2O4/c20-19(21)25-14-6-4-12(5-7-14)18(23)11-24-15-8-9-16-13(10-15)2-1-3-17(16)22/h4-10,18-19,23H,1-3,11H2. The molecule has 0 saturated heterocycles. The molecular weight excluding hydrogens is 330 g/mol. The number of hydrogen-bond acceptors (Lipinski definition) is 4. The molecule has 0 radical (unpaired) electrons. The van der Waals surface area contributed by atoms with Crippen molar-refractivity contribution in [2.45, 2.75) is 32.0 Å². The number of hydrogen-bond donors (Lipinski definition) is 1. The number of alkyl halides is 2. The Morgan fingerprint density at radius 1 is 1.04 bits per heavy atom. The number of fused-ring (bicyclic) bond motifs is 1. The van der Waals surface area contributed by atoms with Gasteiger partial charge in [-0.05, 0) is 54.3 Å². The van der Waals surface area contributed by atoms with Crippen LogP contribution in [0.3, 0.4) is 0 Å². The normalized spacial score (nSPS) is 15.0. The van der Waals surface area contributed by atoms with Crippen molar-refractivity contribution in [1.29, 1.82) is 0 Å². The summed E-state index contributed by atoms with van der Waals surface area (Å²) in [6.45, 7) is -2.86. The molecule has 132 valence electrons. The number of carbonyl (C=O) groups is 1. The third-order valence-corrected chi connectivity index (χ3v) is 4.12. The Morgan fingerprint density at radius 2 is 1.76 bits per heavy atom. The van der Waals surface area contributed by atoms with Gasteiger partial charge in [0, 0.05) is 12.0 Å². The van der Waals surface area contributed by atoms with Crippen LogP contribution in [0.15, 0.2) is 42.5 Å². The highest BCUT2D eigenvalue weighted by atomic mass is 19.3. The molecule has 1 N–H and O–H groups in total. The molecular formula is C19H18F2O4. The van der Waals surface area contributed by atoms with Crippen LogP contribution >= 0.6 is 0 Å². The minimum absolute atomic E-state index is 0.0157. The Hall–Kier alpha value is -2.47. The van der Waals surface area contributed by atoms with Gasteiger partial charge in [-0.25, -0.2) is 0 Å². The van der Waals surface area contributed by atoms with E-state index in [1.807, 2.05) is 6.07 Å². The molecule has 25 heavy (non-hydrogen) atoms. The molecule has 2 aromatic carbocycles. The Bertz CT molecular complexity index is 744. The molecule has 0 heterocycles. The first-order valence-corrected chi connectivity index (χ1v) is 8.04. The summed E-state index contributed by atoms with van der Waals surface area (Å²) >= 11 is 0. The van der Waals surface area contributed by atoms with Gasteiger partial charge in [-0.2, -0.15) is 8.78 Å². The van der Waals surface area contributed by atoms with E-state index in [0.717, 1.165) is 24.0 Å². The number of benzene rings is 2. The van der Waals surface area contributed by atoms with Crippen LogP contribution in [0.4, 0.5) is 8.78 Å². The minimum Gasteiger partial charge on any atom is -0.491 e. The molecule has 0 aliphatic heterocycles. The molecule has 0 saturated carbocycles. The number of aryl methyl sites for hydroxylation is 1. The number of aliphatic hydroxyl groups excluding tert-OH is 1. The number of carbonyl (C=O) groups excluding carboxylic acids is 1. The van der Waals surface area contributed by atoms with E-state index in [1.54, 1.807) is 12.1 Å². The van der Waals surface area contributed by atoms with Crippen molar-refractivity contribution >= 4 is 5.78 Å². The summed E-state index contributed by atoms with van der Waals surface area (Å²) in [7, 11) is 0. The Labute approximate surface area is 144 Å². The fraction of sp³-hybridized carbons (Fsp3) is 0.316. The highest BCUT2D eigenvalue weighted by Crippen LogP contribution is 2.26. The predicted molar refractivity (Wildman–Crippen MR) is 87.2 cm³/mol. The maximum absolute atomic E-state index is 12.1. The van der Waals surface area contributed by atoms with Crippen molar-refractivity contribution in [2.24, 2.45) is 0 Å². The summed E-state index contributed by atoms with van der Waals surface area (Å²) in [5.41, 5.74) is 2.25. The first kappa shape index (κ1) is 17.4. The van der Waals surface area contributed by atoms with Gasteiger partial charge < -0.3 is 14.6 Å². The zero-order valence-electron chi connectivity index (χ0n) is 13.5. The van der Waals surface area contributed by atoms with Crippen molar-refractivity contribution < 1.29 is 28.2 Å². The lowest BCUT2D eigenvalue weighted by molar-refractivity contribution is -0.0498. The van der Waals surface area contributed by atoms with E-state index in [-0.39, 0.29) is 18.1 Å². The van der Waals surface area contributed by atoms with Crippen molar-refractivity contribution in [2.75, 3.05) is 6.61 Å². The average Bonchev–Trinajstić information content (AvgIpc) is 2.60. The molecule has 1 aliphatic carbocycles. The maximum Gasteiger partial charge on any atom is 0.387 e. The number of Topliss-reactive ketones (excluding diaryl/α,β-unsaturated/α-hetero) is 1. The van der Waals surface area contributed by atoms with Gasteiger partial charge in [-0.3, -0.25) is 4.79 Å². The molecule has 0 aromatic heterocycles. The van der Waals surface area contributed by atoms with Gasteiger partial charge >= 0.3 is 6.61 Å². The number of ketones is 1. The van der Waals surface area contributed by atoms with E-state index >= 15 is 0 Å². The topological polar surface area (TPSA) is 55.8 Å². The SMILES string of the molecule is O=C1CCCc2cc(OCC(O)c3ccc(OC(F)F)cc3)ccc21. The summed E-state index contributed by atoms with van der Waals surface area (Å²) < 4.78 is 34.1. The molecule has 1 unspecified atom stereocenters. The summed E-state index contributed by atoms with van der Waals surface area (Å²) in [6.07, 6.45) is 1.35. The molecule has 4 nitrogen and oxygen atoms in total. The molecule has 2 aromatic rings. The average molecular weight is 348 g/mol. The molecule has 3 rings (SSSR count). The second kappa shape index (κ2) is 7.61. The van der Waals surface area contributed by atoms with Crippen molar-refractivity contribution in [3.63, 3.8) is 0 Å². The van der Waals surface area contributed by atoms with Crippen molar-refractivity contribution in [1.82, 2.24) is 0 Å². The Balaban J connectivity index is 1.60. The highest BCUT2D eigenvalue weighted by molar-refractivity contribution is 5.98. The van der Waals surface area contributed by atoms with Gasteiger partial charge in [-0.1, -0.05) is 12.1 Å². The van der Waals surface area contributed by atoms with Crippen molar-refractivity contribution in [3.05, 3.63) is 59.2 Å². The van der Waals surface area contributed by atoms with Gasteiger partial charge in [0.05, 0.1) is 0 Å². The smallest absolute Gasteiger partial charge is 0.387 e. The summed E-state index contributed by atoms with van der Waals surface area (Å²) in [4.78, 5) is 11.8. The predicted octanol–water partition coefficient (Wildman–Crippen LogP) is 3.92. The molecule has 1 atom stereocenters. The molecule has 0 spiro atoms. The van der Waals surface area contributed by atoms with Gasteiger partial charge in [0.25, 0.3) is 0 Å². The Morgan fingerprint density at radius 3 is 2.48 bits per heavy atom. The van der Waals surface area contributed by atoms with E-state index in [0.29, 0.717) is 17.7 Å². The van der Waals surface area contributed by atoms with Gasteiger partial charge in [0.2, 0.25) is 0 Å².